The monoisotopic (exact) mass is 331 g/mol. The van der Waals surface area contributed by atoms with Crippen LogP contribution < -0.4 is 0 Å². The van der Waals surface area contributed by atoms with E-state index in [0.29, 0.717) is 11.8 Å². The third kappa shape index (κ3) is 4.02. The molecule has 0 radical (unpaired) electrons. The Hall–Kier alpha value is -1.96. The van der Waals surface area contributed by atoms with E-state index in [1.807, 2.05) is 0 Å². The van der Waals surface area contributed by atoms with Gasteiger partial charge in [0.05, 0.1) is 22.7 Å². The Labute approximate surface area is 116 Å². The predicted molar refractivity (Wildman–Crippen MR) is 68.7 cm³/mol. The maximum absolute atomic E-state index is 11.7. The summed E-state index contributed by atoms with van der Waals surface area (Å²) < 4.78 is 4.86. The number of carboxylic acids is 1. The van der Waals surface area contributed by atoms with E-state index in [0.717, 1.165) is 18.2 Å². The zero-order chi connectivity index (χ0) is 14.4. The zero-order valence-electron chi connectivity index (χ0n) is 9.67. The second-order valence-corrected chi connectivity index (χ2v) is 4.26. The minimum Gasteiger partial charge on any atom is -0.478 e. The van der Waals surface area contributed by atoms with E-state index in [4.69, 9.17) is 9.84 Å². The highest BCUT2D eigenvalue weighted by Crippen LogP contribution is 2.19. The number of rotatable bonds is 6. The number of nitro groups is 1. The standard InChI is InChI=1S/C11H10BrNO6/c12-4-1-5-19-11(16)8-3-2-7(13(17)18)6-9(8)10(14)15/h2-3,6H,1,4-5H2,(H,14,15). The molecule has 0 saturated carbocycles. The first-order valence-electron chi connectivity index (χ1n) is 5.22. The Bertz CT molecular complexity index is 516. The predicted octanol–water partition coefficient (Wildman–Crippen LogP) is 2.23. The summed E-state index contributed by atoms with van der Waals surface area (Å²) in [5.74, 6) is -2.23. The summed E-state index contributed by atoms with van der Waals surface area (Å²) in [6.07, 6.45) is 0.584. The Morgan fingerprint density at radius 2 is 2.05 bits per heavy atom. The lowest BCUT2D eigenvalue weighted by Crippen LogP contribution is -2.13. The number of carbonyl (C=O) groups is 2. The Morgan fingerprint density at radius 1 is 1.37 bits per heavy atom. The number of nitro benzene ring substituents is 1. The third-order valence-electron chi connectivity index (χ3n) is 2.18. The Kier molecular flexibility index (Phi) is 5.43. The topological polar surface area (TPSA) is 107 Å². The molecule has 7 nitrogen and oxygen atoms in total. The van der Waals surface area contributed by atoms with Crippen LogP contribution in [-0.2, 0) is 4.74 Å². The zero-order valence-corrected chi connectivity index (χ0v) is 11.3. The van der Waals surface area contributed by atoms with Crippen LogP contribution in [0, 0.1) is 10.1 Å². The van der Waals surface area contributed by atoms with E-state index < -0.39 is 28.1 Å². The molecular weight excluding hydrogens is 322 g/mol. The molecule has 1 aromatic rings. The van der Waals surface area contributed by atoms with Crippen LogP contribution >= 0.6 is 15.9 Å². The molecule has 0 fully saturated rings. The molecule has 102 valence electrons. The molecule has 0 aliphatic heterocycles. The number of alkyl halides is 1. The number of esters is 1. The molecule has 0 amide bonds. The van der Waals surface area contributed by atoms with Gasteiger partial charge < -0.3 is 9.84 Å². The number of halogens is 1. The fourth-order valence-corrected chi connectivity index (χ4v) is 1.53. The fraction of sp³-hybridized carbons (Fsp3) is 0.273. The lowest BCUT2D eigenvalue weighted by atomic mass is 10.1. The van der Waals surface area contributed by atoms with Crippen LogP contribution in [0.2, 0.25) is 0 Å². The van der Waals surface area contributed by atoms with Gasteiger partial charge in [-0.1, -0.05) is 15.9 Å². The van der Waals surface area contributed by atoms with E-state index in [2.05, 4.69) is 15.9 Å². The minimum absolute atomic E-state index is 0.139. The van der Waals surface area contributed by atoms with Gasteiger partial charge >= 0.3 is 11.9 Å². The van der Waals surface area contributed by atoms with Crippen LogP contribution in [0.15, 0.2) is 18.2 Å². The number of benzene rings is 1. The molecule has 0 unspecified atom stereocenters. The average Bonchev–Trinajstić information content (AvgIpc) is 2.38. The van der Waals surface area contributed by atoms with E-state index in [-0.39, 0.29) is 12.2 Å². The van der Waals surface area contributed by atoms with Crippen molar-refractivity contribution in [3.8, 4) is 0 Å². The van der Waals surface area contributed by atoms with Gasteiger partial charge in [-0.3, -0.25) is 10.1 Å². The van der Waals surface area contributed by atoms with Crippen molar-refractivity contribution in [2.75, 3.05) is 11.9 Å². The second-order valence-electron chi connectivity index (χ2n) is 3.47. The van der Waals surface area contributed by atoms with Crippen molar-refractivity contribution in [2.24, 2.45) is 0 Å². The summed E-state index contributed by atoms with van der Waals surface area (Å²) in [5, 5.41) is 20.2. The molecule has 0 heterocycles. The summed E-state index contributed by atoms with van der Waals surface area (Å²) in [6, 6.07) is 2.98. The number of aromatic carboxylic acids is 1. The van der Waals surface area contributed by atoms with Crippen LogP contribution in [0.4, 0.5) is 5.69 Å². The molecule has 19 heavy (non-hydrogen) atoms. The van der Waals surface area contributed by atoms with Gasteiger partial charge in [0.15, 0.2) is 0 Å². The highest BCUT2D eigenvalue weighted by Gasteiger charge is 2.21. The normalized spacial score (nSPS) is 9.95. The van der Waals surface area contributed by atoms with E-state index >= 15 is 0 Å². The van der Waals surface area contributed by atoms with Crippen LogP contribution in [-0.4, -0.2) is 33.9 Å². The molecular formula is C11H10BrNO6. The summed E-state index contributed by atoms with van der Waals surface area (Å²) in [6.45, 7) is 0.139. The number of hydrogen-bond acceptors (Lipinski definition) is 5. The first-order valence-corrected chi connectivity index (χ1v) is 6.34. The number of nitrogens with zero attached hydrogens (tertiary/aromatic N) is 1. The number of carbonyl (C=O) groups excluding carboxylic acids is 1. The Morgan fingerprint density at radius 3 is 2.58 bits per heavy atom. The van der Waals surface area contributed by atoms with Crippen LogP contribution in [0.3, 0.4) is 0 Å². The van der Waals surface area contributed by atoms with Gasteiger partial charge in [-0.15, -0.1) is 0 Å². The van der Waals surface area contributed by atoms with Gasteiger partial charge in [-0.05, 0) is 12.5 Å². The number of non-ortho nitro benzene ring substituents is 1. The molecule has 1 aromatic carbocycles. The first kappa shape index (κ1) is 15.1. The summed E-state index contributed by atoms with van der Waals surface area (Å²) >= 11 is 3.16. The maximum Gasteiger partial charge on any atom is 0.339 e. The summed E-state index contributed by atoms with van der Waals surface area (Å²) in [4.78, 5) is 32.5. The molecule has 0 spiro atoms. The van der Waals surface area contributed by atoms with Gasteiger partial charge in [-0.2, -0.15) is 0 Å². The summed E-state index contributed by atoms with van der Waals surface area (Å²) in [5.41, 5.74) is -1.04. The largest absolute Gasteiger partial charge is 0.478 e. The van der Waals surface area contributed by atoms with Crippen LogP contribution in [0.5, 0.6) is 0 Å². The van der Waals surface area contributed by atoms with E-state index in [1.54, 1.807) is 0 Å². The van der Waals surface area contributed by atoms with Crippen LogP contribution in [0.1, 0.15) is 27.1 Å². The smallest absolute Gasteiger partial charge is 0.339 e. The molecule has 1 rings (SSSR count). The van der Waals surface area contributed by atoms with Crippen molar-refractivity contribution in [1.82, 2.24) is 0 Å². The van der Waals surface area contributed by atoms with Gasteiger partial charge in [0.1, 0.15) is 0 Å². The minimum atomic E-state index is -1.42. The van der Waals surface area contributed by atoms with E-state index in [1.165, 1.54) is 0 Å². The highest BCUT2D eigenvalue weighted by molar-refractivity contribution is 9.09. The second kappa shape index (κ2) is 6.83. The molecule has 0 atom stereocenters. The number of ether oxygens (including phenoxy) is 1. The quantitative estimate of drug-likeness (QED) is 0.281. The lowest BCUT2D eigenvalue weighted by Gasteiger charge is -2.06. The van der Waals surface area contributed by atoms with Gasteiger partial charge in [0, 0.05) is 17.5 Å². The molecule has 8 heteroatoms. The number of hydrogen-bond donors (Lipinski definition) is 1. The van der Waals surface area contributed by atoms with Crippen molar-refractivity contribution < 1.29 is 24.4 Å². The van der Waals surface area contributed by atoms with Gasteiger partial charge in [0.2, 0.25) is 0 Å². The molecule has 0 aliphatic rings. The van der Waals surface area contributed by atoms with Gasteiger partial charge in [0.25, 0.3) is 5.69 Å². The Balaban J connectivity index is 3.03. The van der Waals surface area contributed by atoms with Crippen molar-refractivity contribution >= 4 is 33.6 Å². The first-order chi connectivity index (χ1) is 8.97. The fourth-order valence-electron chi connectivity index (χ4n) is 1.30. The van der Waals surface area contributed by atoms with Crippen molar-refractivity contribution in [2.45, 2.75) is 6.42 Å². The summed E-state index contributed by atoms with van der Waals surface area (Å²) in [7, 11) is 0. The van der Waals surface area contributed by atoms with E-state index in [9.17, 15) is 19.7 Å². The molecule has 0 aromatic heterocycles. The lowest BCUT2D eigenvalue weighted by molar-refractivity contribution is -0.384. The molecule has 0 bridgehead atoms. The van der Waals surface area contributed by atoms with Crippen molar-refractivity contribution in [3.05, 3.63) is 39.4 Å². The van der Waals surface area contributed by atoms with Crippen LogP contribution in [0.25, 0.3) is 0 Å². The third-order valence-corrected chi connectivity index (χ3v) is 2.74. The number of carboxylic acid groups (broad SMARTS) is 1. The van der Waals surface area contributed by atoms with Gasteiger partial charge in [-0.25, -0.2) is 9.59 Å². The van der Waals surface area contributed by atoms with Crippen molar-refractivity contribution in [1.29, 1.82) is 0 Å². The average molecular weight is 332 g/mol. The maximum atomic E-state index is 11.7. The highest BCUT2D eigenvalue weighted by atomic mass is 79.9. The molecule has 0 aliphatic carbocycles. The molecule has 1 N–H and O–H groups in total. The van der Waals surface area contributed by atoms with Crippen molar-refractivity contribution in [3.63, 3.8) is 0 Å². The molecule has 0 saturated heterocycles. The SMILES string of the molecule is O=C(O)c1cc([N+](=O)[O-])ccc1C(=O)OCCCBr.